The van der Waals surface area contributed by atoms with Gasteiger partial charge in [0.2, 0.25) is 3.79 Å². The third-order valence-corrected chi connectivity index (χ3v) is 5.00. The Balaban J connectivity index is 2.09. The topological polar surface area (TPSA) is 62.4 Å². The number of rotatable bonds is 5. The van der Waals surface area contributed by atoms with Crippen molar-refractivity contribution in [3.8, 4) is 5.75 Å². The van der Waals surface area contributed by atoms with Crippen molar-refractivity contribution in [3.63, 3.8) is 0 Å². The number of methoxy groups -OCH3 is 1. The molecule has 2 rings (SSSR count). The Bertz CT molecular complexity index is 876. The molecule has 0 saturated carbocycles. The number of hydrogen-bond donors (Lipinski definition) is 3. The number of alkyl halides is 3. The minimum atomic E-state index is -1.89. The van der Waals surface area contributed by atoms with Crippen molar-refractivity contribution in [2.24, 2.45) is 0 Å². The van der Waals surface area contributed by atoms with E-state index in [0.717, 1.165) is 0 Å². The second kappa shape index (κ2) is 10.1. The van der Waals surface area contributed by atoms with Gasteiger partial charge in [0.15, 0.2) is 5.11 Å². The average Bonchev–Trinajstić information content (AvgIpc) is 2.63. The molecule has 11 heteroatoms. The normalized spacial score (nSPS) is 12.1. The number of halogens is 5. The van der Waals surface area contributed by atoms with Crippen molar-refractivity contribution < 1.29 is 9.53 Å². The third kappa shape index (κ3) is 6.72. The summed E-state index contributed by atoms with van der Waals surface area (Å²) in [5.41, 5.74) is 0.887. The van der Waals surface area contributed by atoms with Gasteiger partial charge in [-0.15, -0.1) is 0 Å². The molecule has 0 aliphatic carbocycles. The molecule has 0 heterocycles. The zero-order valence-corrected chi connectivity index (χ0v) is 18.8. The van der Waals surface area contributed by atoms with E-state index in [-0.39, 0.29) is 5.11 Å². The predicted octanol–water partition coefficient (Wildman–Crippen LogP) is 5.41. The summed E-state index contributed by atoms with van der Waals surface area (Å²) in [6.07, 6.45) is -1.13. The lowest BCUT2D eigenvalue weighted by Gasteiger charge is -2.28. The van der Waals surface area contributed by atoms with Crippen LogP contribution in [0.2, 0.25) is 10.0 Å². The van der Waals surface area contributed by atoms with Crippen LogP contribution in [0.4, 0.5) is 5.69 Å². The molecule has 0 bridgehead atoms. The quantitative estimate of drug-likeness (QED) is 0.290. The number of ether oxygens (including phenoxy) is 1. The van der Waals surface area contributed by atoms with Gasteiger partial charge in [-0.1, -0.05) is 64.1 Å². The lowest BCUT2D eigenvalue weighted by molar-refractivity contribution is 0.0934. The molecule has 0 aliphatic heterocycles. The van der Waals surface area contributed by atoms with Crippen LogP contribution < -0.4 is 20.7 Å². The first-order chi connectivity index (χ1) is 13.1. The maximum atomic E-state index is 12.5. The summed E-state index contributed by atoms with van der Waals surface area (Å²) in [5, 5.41) is 9.06. The van der Waals surface area contributed by atoms with Gasteiger partial charge in [-0.2, -0.15) is 0 Å². The first-order valence-corrected chi connectivity index (χ1v) is 9.94. The maximum absolute atomic E-state index is 12.5. The minimum Gasteiger partial charge on any atom is -0.497 e. The number of anilines is 1. The van der Waals surface area contributed by atoms with Crippen LogP contribution in [0.15, 0.2) is 42.5 Å². The average molecular weight is 502 g/mol. The number of carbonyl (C=O) groups excluding carboxylic acids is 1. The predicted molar refractivity (Wildman–Crippen MR) is 120 cm³/mol. The fourth-order valence-corrected chi connectivity index (χ4v) is 2.91. The van der Waals surface area contributed by atoms with Crippen LogP contribution >= 0.6 is 70.2 Å². The number of nitrogens with one attached hydrogen (secondary N) is 3. The van der Waals surface area contributed by atoms with Crippen molar-refractivity contribution in [2.75, 3.05) is 12.4 Å². The first-order valence-electron chi connectivity index (χ1n) is 7.64. The van der Waals surface area contributed by atoms with E-state index < -0.39 is 15.9 Å². The van der Waals surface area contributed by atoms with E-state index in [1.165, 1.54) is 7.11 Å². The molecule has 0 saturated heterocycles. The standard InChI is InChI=1S/C17H14Cl5N3O2S/c1-27-11-4-2-3-9(7-11)14(26)24-15(17(20,21)22)25-16(28)23-10-5-6-12(18)13(19)8-10/h2-8,15H,1H3,(H,24,26)(H2,23,25,28)/t15-/m1/s1. The zero-order chi connectivity index (χ0) is 20.9. The van der Waals surface area contributed by atoms with Gasteiger partial charge in [0.05, 0.1) is 17.2 Å². The summed E-state index contributed by atoms with van der Waals surface area (Å²) < 4.78 is 3.21. The molecule has 0 unspecified atom stereocenters. The molecule has 0 radical (unpaired) electrons. The van der Waals surface area contributed by atoms with E-state index in [9.17, 15) is 4.79 Å². The van der Waals surface area contributed by atoms with Gasteiger partial charge in [-0.25, -0.2) is 0 Å². The fourth-order valence-electron chi connectivity index (χ4n) is 2.05. The SMILES string of the molecule is COc1cccc(C(=O)N[C@H](NC(=S)Nc2ccc(Cl)c(Cl)c2)C(Cl)(Cl)Cl)c1. The highest BCUT2D eigenvalue weighted by atomic mass is 35.6. The van der Waals surface area contributed by atoms with E-state index in [2.05, 4.69) is 16.0 Å². The first kappa shape index (κ1) is 23.1. The molecule has 28 heavy (non-hydrogen) atoms. The van der Waals surface area contributed by atoms with Crippen molar-refractivity contribution in [1.29, 1.82) is 0 Å². The van der Waals surface area contributed by atoms with Gasteiger partial charge in [-0.05, 0) is 48.6 Å². The van der Waals surface area contributed by atoms with Crippen LogP contribution in [0.3, 0.4) is 0 Å². The van der Waals surface area contributed by atoms with Crippen LogP contribution in [0.5, 0.6) is 5.75 Å². The van der Waals surface area contributed by atoms with Crippen LogP contribution in [0.1, 0.15) is 10.4 Å². The summed E-state index contributed by atoms with van der Waals surface area (Å²) in [6.45, 7) is 0. The lowest BCUT2D eigenvalue weighted by Crippen LogP contribution is -2.56. The second-order valence-electron chi connectivity index (χ2n) is 5.41. The van der Waals surface area contributed by atoms with Crippen molar-refractivity contribution in [2.45, 2.75) is 9.96 Å². The van der Waals surface area contributed by atoms with E-state index in [4.69, 9.17) is 75.0 Å². The number of benzene rings is 2. The molecule has 2 aromatic rings. The molecule has 150 valence electrons. The minimum absolute atomic E-state index is 0.0978. The Labute approximate surface area is 192 Å². The molecule has 2 aromatic carbocycles. The molecule has 0 fully saturated rings. The van der Waals surface area contributed by atoms with Gasteiger partial charge in [0.25, 0.3) is 5.91 Å². The molecule has 5 nitrogen and oxygen atoms in total. The highest BCUT2D eigenvalue weighted by Crippen LogP contribution is 2.30. The highest BCUT2D eigenvalue weighted by molar-refractivity contribution is 7.80. The van der Waals surface area contributed by atoms with E-state index in [1.807, 2.05) is 0 Å². The number of thiocarbonyl (C=S) groups is 1. The van der Waals surface area contributed by atoms with Gasteiger partial charge >= 0.3 is 0 Å². The summed E-state index contributed by atoms with van der Waals surface area (Å²) in [5.74, 6) is 0.0305. The molecule has 1 atom stereocenters. The van der Waals surface area contributed by atoms with Crippen LogP contribution in [-0.4, -0.2) is 28.1 Å². The molecule has 0 spiro atoms. The largest absolute Gasteiger partial charge is 0.497 e. The van der Waals surface area contributed by atoms with Crippen LogP contribution in [0, 0.1) is 0 Å². The number of amides is 1. The highest BCUT2D eigenvalue weighted by Gasteiger charge is 2.35. The summed E-state index contributed by atoms with van der Waals surface area (Å²) in [4.78, 5) is 12.5. The van der Waals surface area contributed by atoms with Crippen molar-refractivity contribution in [1.82, 2.24) is 10.6 Å². The molecule has 0 aromatic heterocycles. The van der Waals surface area contributed by atoms with E-state index in [0.29, 0.717) is 27.0 Å². The fraction of sp³-hybridized carbons (Fsp3) is 0.176. The Morgan fingerprint density at radius 3 is 2.39 bits per heavy atom. The van der Waals surface area contributed by atoms with Gasteiger partial charge < -0.3 is 20.7 Å². The zero-order valence-electron chi connectivity index (χ0n) is 14.2. The molecule has 0 aliphatic rings. The monoisotopic (exact) mass is 499 g/mol. The summed E-state index contributed by atoms with van der Waals surface area (Å²) in [6, 6.07) is 11.4. The van der Waals surface area contributed by atoms with Gasteiger partial charge in [0, 0.05) is 11.3 Å². The Hall–Kier alpha value is -1.15. The van der Waals surface area contributed by atoms with Crippen molar-refractivity contribution >= 4 is 86.9 Å². The Morgan fingerprint density at radius 2 is 1.79 bits per heavy atom. The number of carbonyl (C=O) groups is 1. The summed E-state index contributed by atoms with van der Waals surface area (Å²) in [7, 11) is 1.50. The Kier molecular flexibility index (Phi) is 8.30. The molecular weight excluding hydrogens is 488 g/mol. The summed E-state index contributed by atoms with van der Waals surface area (Å²) >= 11 is 35.0. The maximum Gasteiger partial charge on any atom is 0.253 e. The molecule has 1 amide bonds. The van der Waals surface area contributed by atoms with E-state index >= 15 is 0 Å². The lowest BCUT2D eigenvalue weighted by atomic mass is 10.2. The second-order valence-corrected chi connectivity index (χ2v) is 9.00. The van der Waals surface area contributed by atoms with Crippen molar-refractivity contribution in [3.05, 3.63) is 58.1 Å². The van der Waals surface area contributed by atoms with E-state index in [1.54, 1.807) is 42.5 Å². The van der Waals surface area contributed by atoms with Crippen LogP contribution in [-0.2, 0) is 0 Å². The van der Waals surface area contributed by atoms with Gasteiger partial charge in [-0.3, -0.25) is 4.79 Å². The number of hydrogen-bond acceptors (Lipinski definition) is 3. The third-order valence-electron chi connectivity index (χ3n) is 3.39. The molecular formula is C17H14Cl5N3O2S. The molecule has 3 N–H and O–H groups in total. The smallest absolute Gasteiger partial charge is 0.253 e. The van der Waals surface area contributed by atoms with Crippen LogP contribution in [0.25, 0.3) is 0 Å². The Morgan fingerprint density at radius 1 is 1.07 bits per heavy atom. The van der Waals surface area contributed by atoms with Gasteiger partial charge in [0.1, 0.15) is 11.9 Å².